The Morgan fingerprint density at radius 2 is 0.970 bits per heavy atom. The number of phenols is 1. The van der Waals surface area contributed by atoms with Gasteiger partial charge in [-0.2, -0.15) is 42.4 Å². The molecular weight excluding hydrogens is 891 g/mol. The quantitative estimate of drug-likeness (QED) is 0.0677. The van der Waals surface area contributed by atoms with Crippen LogP contribution in [0, 0.1) is 34.6 Å². The van der Waals surface area contributed by atoms with Crippen LogP contribution in [-0.2, 0) is 20.2 Å². The van der Waals surface area contributed by atoms with Gasteiger partial charge in [-0.05, 0) is 170 Å². The molecule has 8 rings (SSSR count). The van der Waals surface area contributed by atoms with E-state index in [1.165, 1.54) is 12.1 Å². The number of para-hydroxylation sites is 1. The van der Waals surface area contributed by atoms with E-state index in [0.717, 1.165) is 51.7 Å². The molecule has 0 aliphatic rings. The third-order valence-corrected chi connectivity index (χ3v) is 12.5. The maximum Gasteiger partial charge on any atom is 0.296 e. The van der Waals surface area contributed by atoms with Crippen LogP contribution in [-0.4, -0.2) is 31.0 Å². The Bertz CT molecular complexity index is 3610. The predicted octanol–water partition coefficient (Wildman–Crippen LogP) is 15.1. The summed E-state index contributed by atoms with van der Waals surface area (Å²) in [6, 6.07) is 37.8. The van der Waals surface area contributed by atoms with Crippen LogP contribution in [0.25, 0.3) is 21.5 Å². The lowest BCUT2D eigenvalue weighted by molar-refractivity contribution is 0.482. The number of aromatic hydroxyl groups is 1. The molecule has 0 amide bonds. The van der Waals surface area contributed by atoms with Crippen molar-refractivity contribution in [2.45, 2.75) is 44.4 Å². The third kappa shape index (κ3) is 10.3. The molecule has 8 aromatic rings. The lowest BCUT2D eigenvalue weighted by atomic mass is 10.1. The molecule has 0 saturated heterocycles. The van der Waals surface area contributed by atoms with Crippen LogP contribution in [0.1, 0.15) is 27.8 Å². The molecule has 0 aliphatic heterocycles. The predicted molar refractivity (Wildman–Crippen MR) is 259 cm³/mol. The van der Waals surface area contributed by atoms with Gasteiger partial charge in [-0.25, -0.2) is 0 Å². The van der Waals surface area contributed by atoms with Crippen molar-refractivity contribution in [3.8, 4) is 5.75 Å². The minimum absolute atomic E-state index is 0.00904. The molecule has 0 fully saturated rings. The van der Waals surface area contributed by atoms with Crippen molar-refractivity contribution in [2.24, 2.45) is 40.9 Å². The monoisotopic (exact) mass is 931 g/mol. The van der Waals surface area contributed by atoms with Crippen molar-refractivity contribution < 1.29 is 31.0 Å². The van der Waals surface area contributed by atoms with Gasteiger partial charge < -0.3 is 10.4 Å². The summed E-state index contributed by atoms with van der Waals surface area (Å²) in [6.07, 6.45) is 0. The van der Waals surface area contributed by atoms with Crippen LogP contribution in [0.3, 0.4) is 0 Å². The number of azo groups is 4. The molecule has 0 bridgehead atoms. The van der Waals surface area contributed by atoms with Gasteiger partial charge in [0.1, 0.15) is 21.2 Å². The zero-order valence-electron chi connectivity index (χ0n) is 36.6. The average molecular weight is 932 g/mol. The van der Waals surface area contributed by atoms with Crippen LogP contribution in [0.15, 0.2) is 184 Å². The second kappa shape index (κ2) is 18.5. The van der Waals surface area contributed by atoms with Crippen LogP contribution >= 0.6 is 0 Å². The highest BCUT2D eigenvalue weighted by molar-refractivity contribution is 7.86. The normalized spacial score (nSPS) is 12.5. The molecule has 16 nitrogen and oxygen atoms in total. The van der Waals surface area contributed by atoms with Crippen LogP contribution < -0.4 is 5.32 Å². The van der Waals surface area contributed by atoms with Gasteiger partial charge in [-0.15, -0.1) is 15.3 Å². The van der Waals surface area contributed by atoms with Gasteiger partial charge in [-0.3, -0.25) is 9.11 Å². The van der Waals surface area contributed by atoms with Gasteiger partial charge in [0.2, 0.25) is 0 Å². The zero-order chi connectivity index (χ0) is 47.6. The maximum atomic E-state index is 12.3. The van der Waals surface area contributed by atoms with Crippen molar-refractivity contribution in [1.29, 1.82) is 0 Å². The zero-order valence-corrected chi connectivity index (χ0v) is 38.2. The standard InChI is InChI=1S/C49H41N9O7S2/c1-28-20-37(51-55-43-23-30(3)44(24-29(43)2)56-54-42-18-14-34-25-36(15-17-39(34)49(42)59)50-35-11-7-6-8-12-35)16-19-41(28)53-58-48-31(4)21-38(22-32(48)5)52-57-45-27-40-33(26-47(45)67(63,64)65)10-9-13-46(40)66(60,61)62/h6-27,50,59H,1-5H3,(H,60,61,62)(H,63,64,65). The molecule has 67 heavy (non-hydrogen) atoms. The topological polar surface area (TPSA) is 240 Å². The van der Waals surface area contributed by atoms with Crippen LogP contribution in [0.2, 0.25) is 0 Å². The summed E-state index contributed by atoms with van der Waals surface area (Å²) in [7, 11) is -9.47. The number of nitrogens with one attached hydrogen (secondary N) is 1. The number of phenolic OH excluding ortho intramolecular Hbond substituents is 1. The molecule has 0 unspecified atom stereocenters. The number of aryl methyl sites for hydroxylation is 5. The number of nitrogens with zero attached hydrogens (tertiary/aromatic N) is 8. The fourth-order valence-electron chi connectivity index (χ4n) is 7.32. The molecule has 0 saturated carbocycles. The summed E-state index contributed by atoms with van der Waals surface area (Å²) < 4.78 is 68.2. The number of rotatable bonds is 12. The first-order valence-electron chi connectivity index (χ1n) is 20.5. The van der Waals surface area contributed by atoms with E-state index in [0.29, 0.717) is 56.3 Å². The van der Waals surface area contributed by atoms with E-state index in [9.17, 15) is 31.0 Å². The van der Waals surface area contributed by atoms with E-state index in [2.05, 4.69) is 46.2 Å². The largest absolute Gasteiger partial charge is 0.505 e. The van der Waals surface area contributed by atoms with Crippen molar-refractivity contribution in [2.75, 3.05) is 5.32 Å². The fraction of sp³-hybridized carbons (Fsp3) is 0.102. The van der Waals surface area contributed by atoms with E-state index < -0.39 is 30.0 Å². The van der Waals surface area contributed by atoms with E-state index in [4.69, 9.17) is 0 Å². The van der Waals surface area contributed by atoms with Gasteiger partial charge in [-0.1, -0.05) is 36.4 Å². The highest BCUT2D eigenvalue weighted by Gasteiger charge is 2.21. The number of hydrogen-bond acceptors (Lipinski definition) is 14. The third-order valence-electron chi connectivity index (χ3n) is 10.7. The van der Waals surface area contributed by atoms with E-state index >= 15 is 0 Å². The van der Waals surface area contributed by atoms with E-state index in [1.807, 2.05) is 93.6 Å². The Hall–Kier alpha value is -7.90. The van der Waals surface area contributed by atoms with Crippen LogP contribution in [0.4, 0.5) is 56.9 Å². The van der Waals surface area contributed by atoms with Crippen molar-refractivity contribution in [1.82, 2.24) is 0 Å². The number of anilines is 2. The maximum absolute atomic E-state index is 12.3. The molecule has 18 heteroatoms. The summed E-state index contributed by atoms with van der Waals surface area (Å²) >= 11 is 0. The number of hydrogen-bond donors (Lipinski definition) is 4. The lowest BCUT2D eigenvalue weighted by Gasteiger charge is -2.09. The molecule has 0 heterocycles. The molecule has 4 N–H and O–H groups in total. The Labute approximate surface area is 385 Å². The molecule has 0 atom stereocenters. The molecule has 0 aromatic heterocycles. The summed E-state index contributed by atoms with van der Waals surface area (Å²) in [5.74, 6) is 0.0418. The van der Waals surface area contributed by atoms with Gasteiger partial charge in [0.25, 0.3) is 20.2 Å². The van der Waals surface area contributed by atoms with Gasteiger partial charge in [0.05, 0.1) is 34.1 Å². The Kier molecular flexibility index (Phi) is 12.6. The van der Waals surface area contributed by atoms with Crippen LogP contribution in [0.5, 0.6) is 5.75 Å². The number of fused-ring (bicyclic) bond motifs is 2. The molecule has 0 spiro atoms. The highest BCUT2D eigenvalue weighted by atomic mass is 32.2. The van der Waals surface area contributed by atoms with Crippen molar-refractivity contribution in [3.05, 3.63) is 161 Å². The minimum atomic E-state index is -4.80. The first-order valence-corrected chi connectivity index (χ1v) is 23.4. The van der Waals surface area contributed by atoms with E-state index in [1.54, 1.807) is 44.2 Å². The minimum Gasteiger partial charge on any atom is -0.505 e. The first-order chi connectivity index (χ1) is 31.9. The molecule has 0 aliphatic carbocycles. The average Bonchev–Trinajstić information content (AvgIpc) is 3.28. The molecular formula is C49H41N9O7S2. The Morgan fingerprint density at radius 1 is 0.403 bits per heavy atom. The van der Waals surface area contributed by atoms with Gasteiger partial charge in [0, 0.05) is 22.1 Å². The van der Waals surface area contributed by atoms with Gasteiger partial charge in [0.15, 0.2) is 5.75 Å². The number of benzene rings is 8. The van der Waals surface area contributed by atoms with Gasteiger partial charge >= 0.3 is 0 Å². The smallest absolute Gasteiger partial charge is 0.296 e. The SMILES string of the molecule is Cc1cc(N=Nc2ccc3cc(Nc4ccccc4)ccc3c2O)c(C)cc1N=Nc1ccc(N=Nc2c(C)cc(N=Nc3cc4c(S(=O)(=O)O)cccc4cc3S(=O)(=O)O)cc2C)c(C)c1. The molecule has 0 radical (unpaired) electrons. The summed E-state index contributed by atoms with van der Waals surface area (Å²) in [6.45, 7) is 9.28. The summed E-state index contributed by atoms with van der Waals surface area (Å²) in [5.41, 5.74) is 9.06. The van der Waals surface area contributed by atoms with Crippen molar-refractivity contribution in [3.63, 3.8) is 0 Å². The second-order valence-electron chi connectivity index (χ2n) is 15.7. The van der Waals surface area contributed by atoms with Crippen molar-refractivity contribution >= 4 is 98.7 Å². The van der Waals surface area contributed by atoms with E-state index in [-0.39, 0.29) is 22.2 Å². The highest BCUT2D eigenvalue weighted by Crippen LogP contribution is 2.40. The summed E-state index contributed by atoms with van der Waals surface area (Å²) in [5, 5.41) is 51.1. The summed E-state index contributed by atoms with van der Waals surface area (Å²) in [4.78, 5) is -1.05. The Morgan fingerprint density at radius 3 is 1.64 bits per heavy atom. The Balaban J connectivity index is 0.949. The fourth-order valence-corrected chi connectivity index (χ4v) is 8.67. The molecule has 8 aromatic carbocycles. The second-order valence-corrected chi connectivity index (χ2v) is 18.5. The molecule has 336 valence electrons. The first kappa shape index (κ1) is 45.7. The lowest BCUT2D eigenvalue weighted by Crippen LogP contribution is -2.01.